The maximum atomic E-state index is 9.46. The van der Waals surface area contributed by atoms with Crippen LogP contribution >= 0.6 is 0 Å². The zero-order valence-corrected chi connectivity index (χ0v) is 6.75. The van der Waals surface area contributed by atoms with Crippen LogP contribution < -0.4 is 5.73 Å². The molecule has 0 fully saturated rings. The third kappa shape index (κ3) is 1.31. The average molecular weight is 176 g/mol. The fraction of sp³-hybridized carbons (Fsp3) is 0. The van der Waals surface area contributed by atoms with Gasteiger partial charge in [-0.25, -0.2) is 9.67 Å². The Morgan fingerprint density at radius 3 is 2.92 bits per heavy atom. The molecule has 0 spiro atoms. The number of nitrogens with two attached hydrogens (primary N) is 1. The fourth-order valence-corrected chi connectivity index (χ4v) is 1.06. The highest BCUT2D eigenvalue weighted by molar-refractivity contribution is 5.54. The first-order chi connectivity index (χ1) is 6.27. The van der Waals surface area contributed by atoms with Crippen LogP contribution in [0.1, 0.15) is 0 Å². The Balaban J connectivity index is 2.57. The van der Waals surface area contributed by atoms with Gasteiger partial charge in [0.2, 0.25) is 0 Å². The number of hydrogen-bond acceptors (Lipinski definition) is 4. The van der Waals surface area contributed by atoms with Gasteiger partial charge in [-0.15, -0.1) is 0 Å². The smallest absolute Gasteiger partial charge is 0.141 e. The Hall–Kier alpha value is -2.04. The number of hydrogen-bond donors (Lipinski definition) is 2. The molecule has 0 aliphatic heterocycles. The van der Waals surface area contributed by atoms with Crippen LogP contribution in [-0.4, -0.2) is 19.9 Å². The van der Waals surface area contributed by atoms with Gasteiger partial charge in [-0.3, -0.25) is 0 Å². The first kappa shape index (κ1) is 7.60. The molecule has 0 aliphatic rings. The summed E-state index contributed by atoms with van der Waals surface area (Å²) in [5, 5.41) is 13.3. The van der Waals surface area contributed by atoms with Crippen molar-refractivity contribution in [2.45, 2.75) is 0 Å². The molecule has 5 nitrogen and oxygen atoms in total. The van der Waals surface area contributed by atoms with Crippen LogP contribution in [0.25, 0.3) is 5.69 Å². The maximum absolute atomic E-state index is 9.46. The summed E-state index contributed by atoms with van der Waals surface area (Å²) in [5.41, 5.74) is 6.66. The summed E-state index contributed by atoms with van der Waals surface area (Å²) in [6, 6.07) is 4.77. The number of aromatic hydroxyl groups is 1. The summed E-state index contributed by atoms with van der Waals surface area (Å²) < 4.78 is 1.45. The van der Waals surface area contributed by atoms with E-state index in [4.69, 9.17) is 5.73 Å². The van der Waals surface area contributed by atoms with Gasteiger partial charge >= 0.3 is 0 Å². The van der Waals surface area contributed by atoms with E-state index >= 15 is 0 Å². The lowest BCUT2D eigenvalue weighted by atomic mass is 10.2. The molecule has 3 N–H and O–H groups in total. The molecule has 0 unspecified atom stereocenters. The van der Waals surface area contributed by atoms with Crippen molar-refractivity contribution in [2.24, 2.45) is 0 Å². The topological polar surface area (TPSA) is 77.0 Å². The normalized spacial score (nSPS) is 10.2. The van der Waals surface area contributed by atoms with Gasteiger partial charge in [0.15, 0.2) is 0 Å². The van der Waals surface area contributed by atoms with Crippen molar-refractivity contribution < 1.29 is 5.11 Å². The number of rotatable bonds is 1. The number of phenolic OH excluding ortho intramolecular Hbond substituents is 1. The van der Waals surface area contributed by atoms with Crippen molar-refractivity contribution in [3.63, 3.8) is 0 Å². The van der Waals surface area contributed by atoms with E-state index in [9.17, 15) is 5.11 Å². The Kier molecular flexibility index (Phi) is 1.63. The first-order valence-corrected chi connectivity index (χ1v) is 3.71. The second-order valence-electron chi connectivity index (χ2n) is 2.59. The monoisotopic (exact) mass is 176 g/mol. The van der Waals surface area contributed by atoms with Gasteiger partial charge in [-0.05, 0) is 18.2 Å². The van der Waals surface area contributed by atoms with Crippen molar-refractivity contribution >= 4 is 5.69 Å². The number of aromatic nitrogens is 3. The van der Waals surface area contributed by atoms with Gasteiger partial charge in [0.05, 0.1) is 0 Å². The molecule has 1 aromatic carbocycles. The van der Waals surface area contributed by atoms with E-state index in [1.807, 2.05) is 0 Å². The van der Waals surface area contributed by atoms with Crippen molar-refractivity contribution in [1.29, 1.82) is 0 Å². The minimum atomic E-state index is 0.125. The highest BCUT2D eigenvalue weighted by Crippen LogP contribution is 2.22. The Labute approximate surface area is 74.4 Å². The number of anilines is 1. The van der Waals surface area contributed by atoms with E-state index < -0.39 is 0 Å². The molecule has 0 radical (unpaired) electrons. The molecular formula is C8H8N4O. The standard InChI is InChI=1S/C8H8N4O/c9-6-1-2-8(13)7(3-6)12-5-10-4-11-12/h1-5,13H,9H2. The van der Waals surface area contributed by atoms with Crippen LogP contribution in [0.4, 0.5) is 5.69 Å². The molecule has 0 atom stereocenters. The minimum absolute atomic E-state index is 0.125. The van der Waals surface area contributed by atoms with E-state index in [2.05, 4.69) is 10.1 Å². The SMILES string of the molecule is Nc1ccc(O)c(-n2cncn2)c1. The second kappa shape index (κ2) is 2.78. The first-order valence-electron chi connectivity index (χ1n) is 3.71. The van der Waals surface area contributed by atoms with E-state index in [0.717, 1.165) is 0 Å². The minimum Gasteiger partial charge on any atom is -0.506 e. The largest absolute Gasteiger partial charge is 0.506 e. The summed E-state index contributed by atoms with van der Waals surface area (Å²) in [4.78, 5) is 3.77. The van der Waals surface area contributed by atoms with Crippen LogP contribution in [0.3, 0.4) is 0 Å². The van der Waals surface area contributed by atoms with E-state index in [-0.39, 0.29) is 5.75 Å². The van der Waals surface area contributed by atoms with Crippen molar-refractivity contribution in [3.8, 4) is 11.4 Å². The fourth-order valence-electron chi connectivity index (χ4n) is 1.06. The Bertz CT molecular complexity index is 410. The molecule has 1 heterocycles. The summed E-state index contributed by atoms with van der Waals surface area (Å²) >= 11 is 0. The Morgan fingerprint density at radius 2 is 2.23 bits per heavy atom. The van der Waals surface area contributed by atoms with E-state index in [1.54, 1.807) is 12.1 Å². The lowest BCUT2D eigenvalue weighted by molar-refractivity contribution is 0.470. The van der Waals surface area contributed by atoms with Crippen molar-refractivity contribution in [3.05, 3.63) is 30.9 Å². The zero-order chi connectivity index (χ0) is 9.26. The molecule has 13 heavy (non-hydrogen) atoms. The summed E-state index contributed by atoms with van der Waals surface area (Å²) in [5.74, 6) is 0.125. The quantitative estimate of drug-likeness (QED) is 0.491. The maximum Gasteiger partial charge on any atom is 0.141 e. The second-order valence-corrected chi connectivity index (χ2v) is 2.59. The van der Waals surface area contributed by atoms with Gasteiger partial charge in [-0.1, -0.05) is 0 Å². The lowest BCUT2D eigenvalue weighted by Gasteiger charge is -2.03. The molecule has 0 bridgehead atoms. The Morgan fingerprint density at radius 1 is 1.38 bits per heavy atom. The van der Waals surface area contributed by atoms with Gasteiger partial charge in [0, 0.05) is 5.69 Å². The van der Waals surface area contributed by atoms with Crippen LogP contribution in [0.15, 0.2) is 30.9 Å². The van der Waals surface area contributed by atoms with Gasteiger partial charge in [0.1, 0.15) is 24.1 Å². The highest BCUT2D eigenvalue weighted by atomic mass is 16.3. The lowest BCUT2D eigenvalue weighted by Crippen LogP contribution is -1.96. The highest BCUT2D eigenvalue weighted by Gasteiger charge is 2.03. The molecule has 0 saturated heterocycles. The van der Waals surface area contributed by atoms with E-state index in [1.165, 1.54) is 23.4 Å². The summed E-state index contributed by atoms with van der Waals surface area (Å²) in [6.45, 7) is 0. The molecular weight excluding hydrogens is 168 g/mol. The number of nitrogens with zero attached hydrogens (tertiary/aromatic N) is 3. The molecule has 0 amide bonds. The molecule has 0 saturated carbocycles. The van der Waals surface area contributed by atoms with Crippen LogP contribution in [0, 0.1) is 0 Å². The molecule has 2 aromatic rings. The van der Waals surface area contributed by atoms with Gasteiger partial charge in [-0.2, -0.15) is 5.10 Å². The molecule has 5 heteroatoms. The van der Waals surface area contributed by atoms with Gasteiger partial charge < -0.3 is 10.8 Å². The van der Waals surface area contributed by atoms with Crippen LogP contribution in [-0.2, 0) is 0 Å². The zero-order valence-electron chi connectivity index (χ0n) is 6.75. The van der Waals surface area contributed by atoms with Gasteiger partial charge in [0.25, 0.3) is 0 Å². The summed E-state index contributed by atoms with van der Waals surface area (Å²) in [6.07, 6.45) is 2.89. The number of nitrogen functional groups attached to an aromatic ring is 1. The van der Waals surface area contributed by atoms with E-state index in [0.29, 0.717) is 11.4 Å². The van der Waals surface area contributed by atoms with Crippen molar-refractivity contribution in [2.75, 3.05) is 5.73 Å². The van der Waals surface area contributed by atoms with Crippen LogP contribution in [0.5, 0.6) is 5.75 Å². The third-order valence-corrected chi connectivity index (χ3v) is 1.67. The molecule has 0 aliphatic carbocycles. The average Bonchev–Trinajstić information content (AvgIpc) is 2.61. The molecule has 2 rings (SSSR count). The summed E-state index contributed by atoms with van der Waals surface area (Å²) in [7, 11) is 0. The van der Waals surface area contributed by atoms with Crippen molar-refractivity contribution in [1.82, 2.24) is 14.8 Å². The predicted molar refractivity (Wildman–Crippen MR) is 47.4 cm³/mol. The van der Waals surface area contributed by atoms with Crippen LogP contribution in [0.2, 0.25) is 0 Å². The number of phenols is 1. The number of benzene rings is 1. The molecule has 1 aromatic heterocycles. The molecule has 66 valence electrons. The predicted octanol–water partition coefficient (Wildman–Crippen LogP) is 0.555. The third-order valence-electron chi connectivity index (χ3n) is 1.67.